The highest BCUT2D eigenvalue weighted by atomic mass is 16.3. The van der Waals surface area contributed by atoms with Gasteiger partial charge in [-0.3, -0.25) is 0 Å². The van der Waals surface area contributed by atoms with Crippen LogP contribution in [0.25, 0.3) is 83.2 Å². The first-order chi connectivity index (χ1) is 28.3. The lowest BCUT2D eigenvalue weighted by Gasteiger charge is -2.25. The number of fused-ring (bicyclic) bond motifs is 9. The smallest absolute Gasteiger partial charge is 0.159 e. The maximum Gasteiger partial charge on any atom is 0.159 e. The normalized spacial score (nSPS) is 15.5. The monoisotopic (exact) mass is 734 g/mol. The molecule has 0 bridgehead atoms. The van der Waals surface area contributed by atoms with Gasteiger partial charge in [-0.25, -0.2) is 9.98 Å². The molecule has 7 aromatic carbocycles. The Kier molecular flexibility index (Phi) is 7.01. The van der Waals surface area contributed by atoms with Crippen molar-refractivity contribution in [3.63, 3.8) is 0 Å². The van der Waals surface area contributed by atoms with Crippen LogP contribution in [-0.2, 0) is 0 Å². The van der Waals surface area contributed by atoms with Gasteiger partial charge in [-0.1, -0.05) is 121 Å². The Morgan fingerprint density at radius 1 is 0.579 bits per heavy atom. The average Bonchev–Trinajstić information content (AvgIpc) is 3.96. The fourth-order valence-corrected chi connectivity index (χ4v) is 9.03. The first-order valence-electron chi connectivity index (χ1n) is 19.5. The molecule has 6 nitrogen and oxygen atoms in total. The topological polar surface area (TPSA) is 68.0 Å². The molecule has 10 aromatic rings. The number of para-hydroxylation sites is 2. The van der Waals surface area contributed by atoms with Crippen LogP contribution in [0.3, 0.4) is 0 Å². The molecule has 1 N–H and O–H groups in total. The van der Waals surface area contributed by atoms with Crippen molar-refractivity contribution in [2.45, 2.75) is 19.0 Å². The minimum absolute atomic E-state index is 0.283. The first-order valence-corrected chi connectivity index (χ1v) is 19.5. The van der Waals surface area contributed by atoms with Crippen LogP contribution in [0, 0.1) is 0 Å². The second kappa shape index (κ2) is 12.5. The summed E-state index contributed by atoms with van der Waals surface area (Å²) in [6.45, 7) is 0. The number of nitrogens with zero attached hydrogens (tertiary/aromatic N) is 3. The third kappa shape index (κ3) is 4.97. The van der Waals surface area contributed by atoms with Gasteiger partial charge in [0.15, 0.2) is 5.84 Å². The van der Waals surface area contributed by atoms with E-state index in [1.807, 2.05) is 24.3 Å². The molecule has 4 heterocycles. The molecule has 0 spiro atoms. The van der Waals surface area contributed by atoms with Crippen molar-refractivity contribution >= 4 is 78.0 Å². The molecule has 1 atom stereocenters. The van der Waals surface area contributed by atoms with Gasteiger partial charge < -0.3 is 18.7 Å². The third-order valence-corrected chi connectivity index (χ3v) is 11.5. The van der Waals surface area contributed by atoms with Gasteiger partial charge in [0.05, 0.1) is 22.1 Å². The van der Waals surface area contributed by atoms with Crippen molar-refractivity contribution in [1.29, 1.82) is 0 Å². The zero-order valence-electron chi connectivity index (χ0n) is 30.8. The predicted molar refractivity (Wildman–Crippen MR) is 232 cm³/mol. The van der Waals surface area contributed by atoms with Crippen LogP contribution in [0.4, 0.5) is 0 Å². The lowest BCUT2D eigenvalue weighted by Crippen LogP contribution is -2.39. The highest BCUT2D eigenvalue weighted by molar-refractivity contribution is 6.25. The summed E-state index contributed by atoms with van der Waals surface area (Å²) in [6, 6.07) is 57.3. The van der Waals surface area contributed by atoms with E-state index in [9.17, 15) is 0 Å². The van der Waals surface area contributed by atoms with Gasteiger partial charge in [0.1, 0.15) is 34.2 Å². The summed E-state index contributed by atoms with van der Waals surface area (Å²) < 4.78 is 15.6. The van der Waals surface area contributed by atoms with Crippen LogP contribution < -0.4 is 16.0 Å². The number of aliphatic imine (C=N–C) groups is 2. The Morgan fingerprint density at radius 2 is 1.28 bits per heavy atom. The first kappa shape index (κ1) is 31.9. The quantitative estimate of drug-likeness (QED) is 0.191. The summed E-state index contributed by atoms with van der Waals surface area (Å²) in [5, 5.41) is 10.5. The lowest BCUT2D eigenvalue weighted by atomic mass is 9.94. The van der Waals surface area contributed by atoms with Crippen molar-refractivity contribution in [1.82, 2.24) is 9.88 Å². The highest BCUT2D eigenvalue weighted by Crippen LogP contribution is 2.40. The molecule has 3 aromatic heterocycles. The molecule has 6 heteroatoms. The number of aromatic nitrogens is 1. The maximum atomic E-state index is 6.68. The number of furan rings is 2. The summed E-state index contributed by atoms with van der Waals surface area (Å²) in [4.78, 5) is 10.3. The summed E-state index contributed by atoms with van der Waals surface area (Å²) in [5.41, 5.74) is 12.3. The predicted octanol–water partition coefficient (Wildman–Crippen LogP) is 11.0. The Labute approximate surface area is 327 Å². The van der Waals surface area contributed by atoms with E-state index in [0.717, 1.165) is 95.7 Å². The van der Waals surface area contributed by atoms with Gasteiger partial charge >= 0.3 is 0 Å². The largest absolute Gasteiger partial charge is 0.456 e. The summed E-state index contributed by atoms with van der Waals surface area (Å²) in [7, 11) is 0. The molecule has 1 aliphatic heterocycles. The molecule has 0 saturated heterocycles. The molecule has 57 heavy (non-hydrogen) atoms. The number of rotatable bonds is 5. The van der Waals surface area contributed by atoms with Crippen molar-refractivity contribution in [2.24, 2.45) is 9.98 Å². The zero-order valence-corrected chi connectivity index (χ0v) is 30.8. The average molecular weight is 735 g/mol. The van der Waals surface area contributed by atoms with E-state index in [-0.39, 0.29) is 6.17 Å². The van der Waals surface area contributed by atoms with E-state index in [1.165, 1.54) is 21.8 Å². The Bertz CT molecular complexity index is 3390. The standard InChI is InChI=1S/C51H34N4O2/c1-3-14-31(15-4-1)49-52-50(32-16-5-2-6-17-32)54-51(53-49)37-21-12-26-45-48(37)47-34(20-11-25-44(47)57-45)33-28-29-42-38(30-33)46-41(24-13-27-43(46)56-42)55-39-22-9-7-18-35(39)36-19-8-10-23-40(36)55/h1-11,13-20,22-30,49H,12,21H2,(H,52,53,54). The summed E-state index contributed by atoms with van der Waals surface area (Å²) in [6.07, 6.45) is 3.61. The summed E-state index contributed by atoms with van der Waals surface area (Å²) in [5.74, 6) is 1.54. The van der Waals surface area contributed by atoms with Crippen LogP contribution in [0.1, 0.15) is 30.1 Å². The van der Waals surface area contributed by atoms with Crippen molar-refractivity contribution in [3.05, 3.63) is 186 Å². The number of nitrogens with one attached hydrogen (secondary N) is 1. The number of hydrogen-bond acceptors (Lipinski definition) is 5. The van der Waals surface area contributed by atoms with Gasteiger partial charge in [-0.2, -0.15) is 0 Å². The van der Waals surface area contributed by atoms with Crippen LogP contribution in [0.15, 0.2) is 183 Å². The van der Waals surface area contributed by atoms with E-state index in [2.05, 4.69) is 155 Å². The van der Waals surface area contributed by atoms with Gasteiger partial charge in [-0.05, 0) is 78.1 Å². The number of hydrogen-bond donors (Lipinski definition) is 1. The molecule has 12 rings (SSSR count). The molecule has 270 valence electrons. The second-order valence-electron chi connectivity index (χ2n) is 14.8. The minimum atomic E-state index is -0.283. The molecule has 0 amide bonds. The Hall–Kier alpha value is -7.44. The van der Waals surface area contributed by atoms with E-state index in [0.29, 0.717) is 5.84 Å². The van der Waals surface area contributed by atoms with Crippen LogP contribution in [0.5, 0.6) is 0 Å². The Balaban J connectivity index is 1.08. The lowest BCUT2D eigenvalue weighted by molar-refractivity contribution is 0.571. The van der Waals surface area contributed by atoms with E-state index in [1.54, 1.807) is 0 Å². The molecule has 1 aliphatic carbocycles. The molecule has 2 aliphatic rings. The number of amidine groups is 2. The van der Waals surface area contributed by atoms with Crippen molar-refractivity contribution < 1.29 is 8.83 Å². The SMILES string of the molecule is C1=c2oc3cccc(-c4ccc5oc6cccc(-n7c8ccccc8c8ccccc87)c6c5c4)c3c2=C(C2=NC(c3ccccc3)=NC(c3ccccc3)N2)CC1. The van der Waals surface area contributed by atoms with Crippen LogP contribution in [-0.4, -0.2) is 16.2 Å². The van der Waals surface area contributed by atoms with Gasteiger partial charge in [0, 0.05) is 37.9 Å². The summed E-state index contributed by atoms with van der Waals surface area (Å²) >= 11 is 0. The van der Waals surface area contributed by atoms with Gasteiger partial charge in [-0.15, -0.1) is 0 Å². The van der Waals surface area contributed by atoms with Crippen molar-refractivity contribution in [3.8, 4) is 16.8 Å². The van der Waals surface area contributed by atoms with E-state index >= 15 is 0 Å². The molecular weight excluding hydrogens is 701 g/mol. The third-order valence-electron chi connectivity index (χ3n) is 11.5. The Morgan fingerprint density at radius 3 is 2.07 bits per heavy atom. The zero-order chi connectivity index (χ0) is 37.5. The van der Waals surface area contributed by atoms with Crippen LogP contribution >= 0.6 is 0 Å². The number of benzene rings is 7. The fourth-order valence-electron chi connectivity index (χ4n) is 9.03. The molecular formula is C51H34N4O2. The minimum Gasteiger partial charge on any atom is -0.456 e. The molecule has 0 fully saturated rings. The molecule has 0 saturated carbocycles. The molecule has 0 radical (unpaired) electrons. The second-order valence-corrected chi connectivity index (χ2v) is 14.8. The fraction of sp³-hybridized carbons (Fsp3) is 0.0588. The highest BCUT2D eigenvalue weighted by Gasteiger charge is 2.26. The maximum absolute atomic E-state index is 6.68. The van der Waals surface area contributed by atoms with E-state index < -0.39 is 0 Å². The van der Waals surface area contributed by atoms with E-state index in [4.69, 9.17) is 18.8 Å². The van der Waals surface area contributed by atoms with Gasteiger partial charge in [0.2, 0.25) is 0 Å². The molecule has 1 unspecified atom stereocenters. The van der Waals surface area contributed by atoms with Crippen LogP contribution in [0.2, 0.25) is 0 Å². The van der Waals surface area contributed by atoms with Gasteiger partial charge in [0.25, 0.3) is 0 Å². The van der Waals surface area contributed by atoms with Crippen molar-refractivity contribution in [2.75, 3.05) is 0 Å².